The Morgan fingerprint density at radius 1 is 1.16 bits per heavy atom. The van der Waals surface area contributed by atoms with Crippen LogP contribution in [0.4, 0.5) is 13.2 Å². The van der Waals surface area contributed by atoms with Crippen LogP contribution < -0.4 is 5.69 Å². The average Bonchev–Trinajstić information content (AvgIpc) is 3.02. The second kappa shape index (κ2) is 8.91. The maximum absolute atomic E-state index is 13.0. The van der Waals surface area contributed by atoms with Gasteiger partial charge in [0.1, 0.15) is 12.4 Å². The summed E-state index contributed by atoms with van der Waals surface area (Å²) in [5.41, 5.74) is -0.202. The first-order valence-electron chi connectivity index (χ1n) is 10.1. The second-order valence-corrected chi connectivity index (χ2v) is 7.26. The normalized spacial score (nSPS) is 11.8. The summed E-state index contributed by atoms with van der Waals surface area (Å²) in [6, 6.07) is 6.00. The number of aromatic nitrogens is 4. The van der Waals surface area contributed by atoms with E-state index in [-0.39, 0.29) is 23.9 Å². The molecule has 2 aromatic heterocycles. The lowest BCUT2D eigenvalue weighted by atomic mass is 10.1. The summed E-state index contributed by atoms with van der Waals surface area (Å²) < 4.78 is 40.9. The van der Waals surface area contributed by atoms with Crippen molar-refractivity contribution in [1.82, 2.24) is 24.1 Å². The Labute approximate surface area is 177 Å². The molecule has 0 N–H and O–H groups in total. The van der Waals surface area contributed by atoms with Crippen molar-refractivity contribution in [3.05, 3.63) is 52.1 Å². The number of benzene rings is 1. The maximum Gasteiger partial charge on any atom is 0.416 e. The van der Waals surface area contributed by atoms with Crippen LogP contribution in [0.5, 0.6) is 0 Å². The largest absolute Gasteiger partial charge is 0.416 e. The molecule has 0 saturated carbocycles. The predicted octanol–water partition coefficient (Wildman–Crippen LogP) is 3.53. The second-order valence-electron chi connectivity index (χ2n) is 7.26. The highest BCUT2D eigenvalue weighted by molar-refractivity contribution is 5.76. The molecular formula is C21H24F3N5O2. The van der Waals surface area contributed by atoms with Crippen molar-refractivity contribution in [2.24, 2.45) is 0 Å². The lowest BCUT2D eigenvalue weighted by molar-refractivity contribution is -0.137. The zero-order chi connectivity index (χ0) is 22.8. The number of carbonyl (C=O) groups excluding carboxylic acids is 1. The van der Waals surface area contributed by atoms with Crippen LogP contribution >= 0.6 is 0 Å². The van der Waals surface area contributed by atoms with E-state index in [1.165, 1.54) is 16.5 Å². The molecule has 0 aliphatic carbocycles. The molecule has 0 spiro atoms. The van der Waals surface area contributed by atoms with E-state index < -0.39 is 17.4 Å². The number of unbranched alkanes of at least 4 members (excludes halogenated alkanes) is 1. The maximum atomic E-state index is 13.0. The van der Waals surface area contributed by atoms with E-state index in [2.05, 4.69) is 10.1 Å². The van der Waals surface area contributed by atoms with Crippen LogP contribution in [-0.2, 0) is 17.5 Å². The van der Waals surface area contributed by atoms with Crippen LogP contribution in [0.25, 0.3) is 17.0 Å². The topological polar surface area (TPSA) is 72.5 Å². The minimum Gasteiger partial charge on any atom is -0.341 e. The number of halogens is 3. The molecule has 0 aliphatic heterocycles. The first kappa shape index (κ1) is 22.5. The van der Waals surface area contributed by atoms with Crippen molar-refractivity contribution in [1.29, 1.82) is 0 Å². The van der Waals surface area contributed by atoms with Gasteiger partial charge in [-0.3, -0.25) is 4.79 Å². The van der Waals surface area contributed by atoms with E-state index >= 15 is 0 Å². The number of rotatable bonds is 7. The highest BCUT2D eigenvalue weighted by atomic mass is 19.4. The first-order valence-corrected chi connectivity index (χ1v) is 10.1. The lowest BCUT2D eigenvalue weighted by Gasteiger charge is -2.20. The molecule has 1 amide bonds. The van der Waals surface area contributed by atoms with Crippen LogP contribution in [0.3, 0.4) is 0 Å². The van der Waals surface area contributed by atoms with Gasteiger partial charge in [0, 0.05) is 30.4 Å². The van der Waals surface area contributed by atoms with E-state index in [1.807, 2.05) is 13.8 Å². The Bertz CT molecular complexity index is 1130. The molecule has 10 heteroatoms. The van der Waals surface area contributed by atoms with Crippen molar-refractivity contribution in [2.45, 2.75) is 46.3 Å². The van der Waals surface area contributed by atoms with Crippen molar-refractivity contribution in [2.75, 3.05) is 13.1 Å². The molecule has 1 aromatic carbocycles. The predicted molar refractivity (Wildman–Crippen MR) is 110 cm³/mol. The lowest BCUT2D eigenvalue weighted by Crippen LogP contribution is -2.37. The van der Waals surface area contributed by atoms with E-state index in [0.717, 1.165) is 29.7 Å². The summed E-state index contributed by atoms with van der Waals surface area (Å²) in [5, 5.41) is 4.25. The average molecular weight is 435 g/mol. The Hall–Kier alpha value is -3.17. The van der Waals surface area contributed by atoms with Gasteiger partial charge in [-0.15, -0.1) is 5.10 Å². The standard InChI is InChI=1S/C21H24F3N5O2/c1-4-6-11-27(5-2)18(30)13-28-20(31)29-17(26-28)12-14(3)25-19(29)15-7-9-16(10-8-15)21(22,23)24/h7-10,12H,4-6,11,13H2,1-3H3. The monoisotopic (exact) mass is 435 g/mol. The minimum atomic E-state index is -4.46. The van der Waals surface area contributed by atoms with Crippen LogP contribution in [0.1, 0.15) is 37.9 Å². The molecule has 0 aliphatic rings. The molecule has 0 bridgehead atoms. The van der Waals surface area contributed by atoms with Crippen molar-refractivity contribution in [3.8, 4) is 11.4 Å². The van der Waals surface area contributed by atoms with Gasteiger partial charge in [0.05, 0.1) is 5.56 Å². The van der Waals surface area contributed by atoms with Crippen molar-refractivity contribution >= 4 is 11.6 Å². The van der Waals surface area contributed by atoms with Crippen LogP contribution in [-0.4, -0.2) is 43.1 Å². The zero-order valence-corrected chi connectivity index (χ0v) is 17.6. The Kier molecular flexibility index (Phi) is 6.47. The van der Waals surface area contributed by atoms with Crippen LogP contribution in [0.15, 0.2) is 35.1 Å². The van der Waals surface area contributed by atoms with Crippen molar-refractivity contribution in [3.63, 3.8) is 0 Å². The van der Waals surface area contributed by atoms with Gasteiger partial charge in [-0.2, -0.15) is 13.2 Å². The molecule has 0 radical (unpaired) electrons. The van der Waals surface area contributed by atoms with Gasteiger partial charge in [-0.25, -0.2) is 18.9 Å². The van der Waals surface area contributed by atoms with Gasteiger partial charge in [0.2, 0.25) is 5.91 Å². The van der Waals surface area contributed by atoms with Crippen LogP contribution in [0.2, 0.25) is 0 Å². The van der Waals surface area contributed by atoms with Crippen LogP contribution in [0, 0.1) is 6.92 Å². The Morgan fingerprint density at radius 2 is 1.84 bits per heavy atom. The van der Waals surface area contributed by atoms with E-state index in [9.17, 15) is 22.8 Å². The number of hydrogen-bond donors (Lipinski definition) is 0. The molecular weight excluding hydrogens is 411 g/mol. The van der Waals surface area contributed by atoms with Gasteiger partial charge < -0.3 is 4.90 Å². The molecule has 166 valence electrons. The Morgan fingerprint density at radius 3 is 2.42 bits per heavy atom. The summed E-state index contributed by atoms with van der Waals surface area (Å²) in [6.45, 7) is 6.51. The summed E-state index contributed by atoms with van der Waals surface area (Å²) >= 11 is 0. The number of amides is 1. The molecule has 0 atom stereocenters. The smallest absolute Gasteiger partial charge is 0.341 e. The van der Waals surface area contributed by atoms with Gasteiger partial charge in [-0.1, -0.05) is 25.5 Å². The van der Waals surface area contributed by atoms with E-state index in [1.54, 1.807) is 17.9 Å². The number of aryl methyl sites for hydroxylation is 1. The molecule has 2 heterocycles. The first-order chi connectivity index (χ1) is 14.7. The number of hydrogen-bond acceptors (Lipinski definition) is 4. The number of nitrogens with zero attached hydrogens (tertiary/aromatic N) is 5. The van der Waals surface area contributed by atoms with Gasteiger partial charge in [0.25, 0.3) is 0 Å². The molecule has 0 fully saturated rings. The summed E-state index contributed by atoms with van der Waals surface area (Å²) in [7, 11) is 0. The summed E-state index contributed by atoms with van der Waals surface area (Å²) in [5.74, 6) is -0.0482. The molecule has 7 nitrogen and oxygen atoms in total. The zero-order valence-electron chi connectivity index (χ0n) is 17.6. The quantitative estimate of drug-likeness (QED) is 0.569. The fraction of sp³-hybridized carbons (Fsp3) is 0.429. The van der Waals surface area contributed by atoms with E-state index in [4.69, 9.17) is 0 Å². The number of carbonyl (C=O) groups is 1. The van der Waals surface area contributed by atoms with Crippen molar-refractivity contribution < 1.29 is 18.0 Å². The summed E-state index contributed by atoms with van der Waals surface area (Å²) in [6.07, 6.45) is -2.65. The highest BCUT2D eigenvalue weighted by Crippen LogP contribution is 2.30. The molecule has 31 heavy (non-hydrogen) atoms. The number of alkyl halides is 3. The third-order valence-electron chi connectivity index (χ3n) is 4.97. The minimum absolute atomic E-state index is 0.172. The number of fused-ring (bicyclic) bond motifs is 1. The van der Waals surface area contributed by atoms with Gasteiger partial charge >= 0.3 is 11.9 Å². The van der Waals surface area contributed by atoms with Gasteiger partial charge in [-0.05, 0) is 32.4 Å². The third-order valence-corrected chi connectivity index (χ3v) is 4.97. The van der Waals surface area contributed by atoms with E-state index in [0.29, 0.717) is 24.3 Å². The third kappa shape index (κ3) is 4.78. The highest BCUT2D eigenvalue weighted by Gasteiger charge is 2.30. The molecule has 3 rings (SSSR count). The fourth-order valence-corrected chi connectivity index (χ4v) is 3.29. The molecule has 3 aromatic rings. The molecule has 0 saturated heterocycles. The number of likely N-dealkylation sites (N-methyl/N-ethyl adjacent to an activating group) is 1. The summed E-state index contributed by atoms with van der Waals surface area (Å²) in [4.78, 5) is 31.6. The fourth-order valence-electron chi connectivity index (χ4n) is 3.29. The molecule has 0 unspecified atom stereocenters. The SMILES string of the molecule is CCCCN(CC)C(=O)Cn1nc2cc(C)nc(-c3ccc(C(F)(F)F)cc3)n2c1=O. The Balaban J connectivity index is 2.01. The van der Waals surface area contributed by atoms with Gasteiger partial charge in [0.15, 0.2) is 5.65 Å².